The van der Waals surface area contributed by atoms with Crippen molar-refractivity contribution in [2.45, 2.75) is 50.0 Å². The van der Waals surface area contributed by atoms with Crippen LogP contribution >= 0.6 is 23.1 Å². The molecule has 0 aliphatic carbocycles. The second-order valence-electron chi connectivity index (χ2n) is 9.86. The molecule has 5 aromatic rings. The quantitative estimate of drug-likeness (QED) is 0.0904. The number of rotatable bonds is 12. The SMILES string of the molecule is CSc1cc(C)ccc1C(=O)CCCCC[C@H](NC(=O)c1cncs1)c1ncc(-c2ccc3ccccc3c2)[nH]1. The van der Waals surface area contributed by atoms with Gasteiger partial charge in [-0.2, -0.15) is 0 Å². The van der Waals surface area contributed by atoms with Crippen molar-refractivity contribution in [1.82, 2.24) is 20.3 Å². The Labute approximate surface area is 242 Å². The van der Waals surface area contributed by atoms with Crippen LogP contribution in [0.25, 0.3) is 22.0 Å². The van der Waals surface area contributed by atoms with Gasteiger partial charge >= 0.3 is 0 Å². The number of carbonyl (C=O) groups is 2. The minimum atomic E-state index is -0.278. The molecule has 0 fully saturated rings. The summed E-state index contributed by atoms with van der Waals surface area (Å²) < 4.78 is 0. The first-order chi connectivity index (χ1) is 19.5. The number of nitrogens with one attached hydrogen (secondary N) is 2. The van der Waals surface area contributed by atoms with Crippen LogP contribution in [0.15, 0.2) is 83.5 Å². The number of Topliss-reactive ketones (excluding diaryl/α,β-unsaturated/α-hetero) is 1. The lowest BCUT2D eigenvalue weighted by molar-refractivity contribution is 0.0935. The maximum absolute atomic E-state index is 12.9. The zero-order valence-corrected chi connectivity index (χ0v) is 24.3. The predicted octanol–water partition coefficient (Wildman–Crippen LogP) is 8.02. The zero-order valence-electron chi connectivity index (χ0n) is 22.6. The van der Waals surface area contributed by atoms with Gasteiger partial charge in [0.25, 0.3) is 5.91 Å². The fourth-order valence-electron chi connectivity index (χ4n) is 4.83. The molecule has 0 radical (unpaired) electrons. The molecule has 8 heteroatoms. The lowest BCUT2D eigenvalue weighted by Crippen LogP contribution is -2.28. The molecule has 2 aromatic heterocycles. The Balaban J connectivity index is 1.24. The maximum atomic E-state index is 12.9. The lowest BCUT2D eigenvalue weighted by atomic mass is 10.0. The van der Waals surface area contributed by atoms with Crippen LogP contribution in [0.5, 0.6) is 0 Å². The van der Waals surface area contributed by atoms with Gasteiger partial charge in [0, 0.05) is 22.4 Å². The van der Waals surface area contributed by atoms with E-state index in [1.54, 1.807) is 23.5 Å². The second-order valence-corrected chi connectivity index (χ2v) is 11.6. The number of thiazole rings is 1. The van der Waals surface area contributed by atoms with Gasteiger partial charge in [-0.05, 0) is 54.5 Å². The largest absolute Gasteiger partial charge is 0.341 e. The molecule has 2 N–H and O–H groups in total. The Morgan fingerprint density at radius 2 is 1.85 bits per heavy atom. The Morgan fingerprint density at radius 1 is 1.00 bits per heavy atom. The molecule has 0 aliphatic heterocycles. The number of aryl methyl sites for hydroxylation is 1. The lowest BCUT2D eigenvalue weighted by Gasteiger charge is -2.16. The first kappa shape index (κ1) is 27.8. The summed E-state index contributed by atoms with van der Waals surface area (Å²) in [5.74, 6) is 0.752. The van der Waals surface area contributed by atoms with Gasteiger partial charge in [0.1, 0.15) is 10.7 Å². The van der Waals surface area contributed by atoms with Crippen molar-refractivity contribution in [1.29, 1.82) is 0 Å². The Bertz CT molecular complexity index is 1610. The zero-order chi connectivity index (χ0) is 27.9. The van der Waals surface area contributed by atoms with Crippen LogP contribution in [0.2, 0.25) is 0 Å². The first-order valence-electron chi connectivity index (χ1n) is 13.4. The molecule has 0 saturated carbocycles. The second kappa shape index (κ2) is 13.1. The summed E-state index contributed by atoms with van der Waals surface area (Å²) in [5.41, 5.74) is 5.58. The Kier molecular flexibility index (Phi) is 9.08. The third-order valence-electron chi connectivity index (χ3n) is 7.00. The highest BCUT2D eigenvalue weighted by atomic mass is 32.2. The topological polar surface area (TPSA) is 87.7 Å². The van der Waals surface area contributed by atoms with Gasteiger partial charge < -0.3 is 10.3 Å². The summed E-state index contributed by atoms with van der Waals surface area (Å²) in [6.45, 7) is 2.04. The highest BCUT2D eigenvalue weighted by molar-refractivity contribution is 7.98. The molecule has 2 heterocycles. The van der Waals surface area contributed by atoms with Gasteiger partial charge in [-0.25, -0.2) is 4.98 Å². The van der Waals surface area contributed by atoms with E-state index in [1.807, 2.05) is 43.6 Å². The normalized spacial score (nSPS) is 11.9. The van der Waals surface area contributed by atoms with Crippen LogP contribution in [0.4, 0.5) is 0 Å². The van der Waals surface area contributed by atoms with Gasteiger partial charge in [-0.1, -0.05) is 61.4 Å². The smallest absolute Gasteiger partial charge is 0.263 e. The van der Waals surface area contributed by atoms with E-state index < -0.39 is 0 Å². The van der Waals surface area contributed by atoms with Gasteiger partial charge in [-0.15, -0.1) is 23.1 Å². The van der Waals surface area contributed by atoms with Crippen LogP contribution < -0.4 is 5.32 Å². The van der Waals surface area contributed by atoms with Crippen molar-refractivity contribution in [2.24, 2.45) is 0 Å². The third-order valence-corrected chi connectivity index (χ3v) is 8.55. The van der Waals surface area contributed by atoms with Crippen molar-refractivity contribution in [3.05, 3.63) is 100 Å². The van der Waals surface area contributed by atoms with Crippen molar-refractivity contribution in [3.8, 4) is 11.3 Å². The van der Waals surface area contributed by atoms with E-state index in [-0.39, 0.29) is 17.7 Å². The summed E-state index contributed by atoms with van der Waals surface area (Å²) >= 11 is 2.93. The predicted molar refractivity (Wildman–Crippen MR) is 164 cm³/mol. The summed E-state index contributed by atoms with van der Waals surface area (Å²) in [7, 11) is 0. The van der Waals surface area contributed by atoms with E-state index in [9.17, 15) is 9.59 Å². The highest BCUT2D eigenvalue weighted by Crippen LogP contribution is 2.27. The number of aromatic nitrogens is 3. The number of ketones is 1. The fraction of sp³-hybridized carbons (Fsp3) is 0.250. The number of aromatic amines is 1. The summed E-state index contributed by atoms with van der Waals surface area (Å²) in [6.07, 6.45) is 9.19. The number of hydrogen-bond acceptors (Lipinski definition) is 6. The van der Waals surface area contributed by atoms with Crippen LogP contribution in [0.1, 0.15) is 69.6 Å². The summed E-state index contributed by atoms with van der Waals surface area (Å²) in [5, 5.41) is 5.49. The van der Waals surface area contributed by atoms with Gasteiger partial charge in [0.15, 0.2) is 5.78 Å². The molecule has 204 valence electrons. The number of carbonyl (C=O) groups excluding carboxylic acids is 2. The number of hydrogen-bond donors (Lipinski definition) is 2. The van der Waals surface area contributed by atoms with Crippen LogP contribution in [0.3, 0.4) is 0 Å². The number of benzene rings is 3. The number of unbranched alkanes of at least 4 members (excludes halogenated alkanes) is 2. The minimum Gasteiger partial charge on any atom is -0.341 e. The maximum Gasteiger partial charge on any atom is 0.263 e. The molecule has 1 atom stereocenters. The summed E-state index contributed by atoms with van der Waals surface area (Å²) in [6, 6.07) is 20.3. The molecule has 0 unspecified atom stereocenters. The first-order valence-corrected chi connectivity index (χ1v) is 15.5. The Morgan fingerprint density at radius 3 is 2.65 bits per heavy atom. The molecule has 5 rings (SSSR count). The van der Waals surface area contributed by atoms with E-state index in [4.69, 9.17) is 0 Å². The molecule has 0 aliphatic rings. The van der Waals surface area contributed by atoms with Crippen molar-refractivity contribution < 1.29 is 9.59 Å². The van der Waals surface area contributed by atoms with Crippen LogP contribution in [0, 0.1) is 6.92 Å². The molecule has 0 spiro atoms. The number of amides is 1. The molecular formula is C32H32N4O2S2. The average Bonchev–Trinajstić information content (AvgIpc) is 3.69. The van der Waals surface area contributed by atoms with E-state index in [1.165, 1.54) is 16.7 Å². The van der Waals surface area contributed by atoms with Gasteiger partial charge in [-0.3, -0.25) is 14.6 Å². The molecule has 3 aromatic carbocycles. The molecule has 6 nitrogen and oxygen atoms in total. The van der Waals surface area contributed by atoms with E-state index in [2.05, 4.69) is 56.7 Å². The van der Waals surface area contributed by atoms with Crippen LogP contribution in [-0.2, 0) is 0 Å². The van der Waals surface area contributed by atoms with Gasteiger partial charge in [0.05, 0.1) is 29.6 Å². The number of H-pyrrole nitrogens is 1. The van der Waals surface area contributed by atoms with Crippen molar-refractivity contribution in [2.75, 3.05) is 6.26 Å². The number of imidazole rings is 1. The van der Waals surface area contributed by atoms with Crippen LogP contribution in [-0.4, -0.2) is 32.9 Å². The fourth-order valence-corrected chi connectivity index (χ4v) is 6.05. The van der Waals surface area contributed by atoms with E-state index in [0.717, 1.165) is 57.8 Å². The number of nitrogens with zero attached hydrogens (tertiary/aromatic N) is 2. The van der Waals surface area contributed by atoms with Gasteiger partial charge in [0.2, 0.25) is 0 Å². The van der Waals surface area contributed by atoms with E-state index >= 15 is 0 Å². The highest BCUT2D eigenvalue weighted by Gasteiger charge is 2.20. The Hall–Kier alpha value is -3.75. The monoisotopic (exact) mass is 568 g/mol. The standard InChI is InChI=1S/C32H32N4O2S2/c1-21-12-15-25(29(16-21)39-2)28(37)11-5-3-4-10-26(36-32(38)30-19-33-20-40-30)31-34-18-27(35-31)24-14-13-22-8-6-7-9-23(22)17-24/h6-9,12-20,26H,3-5,10-11H2,1-2H3,(H,34,35)(H,36,38)/t26-/m0/s1. The number of thioether (sulfide) groups is 1. The molecule has 1 amide bonds. The molecule has 0 bridgehead atoms. The summed E-state index contributed by atoms with van der Waals surface area (Å²) in [4.78, 5) is 39.5. The molecule has 0 saturated heterocycles. The molecule has 40 heavy (non-hydrogen) atoms. The van der Waals surface area contributed by atoms with Crippen molar-refractivity contribution in [3.63, 3.8) is 0 Å². The molecular weight excluding hydrogens is 537 g/mol. The third kappa shape index (κ3) is 6.69. The number of fused-ring (bicyclic) bond motifs is 1. The average molecular weight is 569 g/mol. The minimum absolute atomic E-state index is 0.157. The van der Waals surface area contributed by atoms with E-state index in [0.29, 0.717) is 17.7 Å². The van der Waals surface area contributed by atoms with Crippen molar-refractivity contribution >= 4 is 45.6 Å².